The molecule has 27 heavy (non-hydrogen) atoms. The van der Waals surface area contributed by atoms with Gasteiger partial charge in [0.25, 0.3) is 5.91 Å². The normalized spacial score (nSPS) is 11.8. The van der Waals surface area contributed by atoms with Crippen molar-refractivity contribution in [3.8, 4) is 0 Å². The van der Waals surface area contributed by atoms with Crippen LogP contribution in [0.1, 0.15) is 42.2 Å². The van der Waals surface area contributed by atoms with E-state index in [1.807, 2.05) is 48.5 Å². The predicted molar refractivity (Wildman–Crippen MR) is 109 cm³/mol. The zero-order valence-electron chi connectivity index (χ0n) is 16.2. The van der Waals surface area contributed by atoms with Crippen LogP contribution in [0, 0.1) is 0 Å². The quantitative estimate of drug-likeness (QED) is 0.679. The van der Waals surface area contributed by atoms with E-state index in [1.54, 1.807) is 12.1 Å². The molecule has 0 fully saturated rings. The summed E-state index contributed by atoms with van der Waals surface area (Å²) in [6.07, 6.45) is 0.209. The maximum absolute atomic E-state index is 12.5. The lowest BCUT2D eigenvalue weighted by Gasteiger charge is -2.21. The molecule has 0 spiro atoms. The third-order valence-corrected chi connectivity index (χ3v) is 4.58. The molecule has 1 unspecified atom stereocenters. The highest BCUT2D eigenvalue weighted by Crippen LogP contribution is 2.17. The van der Waals surface area contributed by atoms with Crippen LogP contribution in [0.4, 0.5) is 0 Å². The molecule has 5 heteroatoms. The van der Waals surface area contributed by atoms with Crippen molar-refractivity contribution in [2.75, 3.05) is 26.2 Å². The molecule has 0 saturated carbocycles. The van der Waals surface area contributed by atoms with Gasteiger partial charge in [-0.2, -0.15) is 0 Å². The second-order valence-electron chi connectivity index (χ2n) is 6.38. The van der Waals surface area contributed by atoms with Crippen LogP contribution in [-0.4, -0.2) is 42.9 Å². The van der Waals surface area contributed by atoms with Crippen molar-refractivity contribution in [2.24, 2.45) is 0 Å². The highest BCUT2D eigenvalue weighted by atomic mass is 16.2. The molecule has 0 aliphatic heterocycles. The second kappa shape index (κ2) is 11.1. The van der Waals surface area contributed by atoms with E-state index in [9.17, 15) is 9.59 Å². The van der Waals surface area contributed by atoms with Crippen molar-refractivity contribution in [3.05, 3.63) is 71.8 Å². The summed E-state index contributed by atoms with van der Waals surface area (Å²) in [5.41, 5.74) is 1.50. The Hall–Kier alpha value is -2.66. The molecule has 0 aromatic heterocycles. The Morgan fingerprint density at radius 1 is 0.926 bits per heavy atom. The van der Waals surface area contributed by atoms with Gasteiger partial charge in [0.1, 0.15) is 0 Å². The smallest absolute Gasteiger partial charge is 0.251 e. The molecule has 0 bridgehead atoms. The van der Waals surface area contributed by atoms with Crippen LogP contribution in [-0.2, 0) is 4.79 Å². The van der Waals surface area contributed by atoms with Crippen molar-refractivity contribution in [3.63, 3.8) is 0 Å². The van der Waals surface area contributed by atoms with Gasteiger partial charge >= 0.3 is 0 Å². The summed E-state index contributed by atoms with van der Waals surface area (Å²) in [5.74, 6) is -0.246. The van der Waals surface area contributed by atoms with Crippen LogP contribution >= 0.6 is 0 Å². The van der Waals surface area contributed by atoms with Crippen molar-refractivity contribution < 1.29 is 9.59 Å². The van der Waals surface area contributed by atoms with E-state index >= 15 is 0 Å². The first-order valence-electron chi connectivity index (χ1n) is 9.54. The van der Waals surface area contributed by atoms with Crippen LogP contribution in [0.15, 0.2) is 60.7 Å². The molecule has 0 heterocycles. The number of carbonyl (C=O) groups is 2. The molecule has 0 saturated heterocycles. The summed E-state index contributed by atoms with van der Waals surface area (Å²) in [6, 6.07) is 18.3. The first-order valence-corrected chi connectivity index (χ1v) is 9.54. The van der Waals surface area contributed by atoms with Crippen molar-refractivity contribution >= 4 is 11.8 Å². The van der Waals surface area contributed by atoms with E-state index in [4.69, 9.17) is 0 Å². The van der Waals surface area contributed by atoms with Gasteiger partial charge in [-0.25, -0.2) is 0 Å². The van der Waals surface area contributed by atoms with Gasteiger partial charge in [-0.05, 0) is 30.8 Å². The molecule has 0 aliphatic rings. The average Bonchev–Trinajstić information content (AvgIpc) is 2.72. The molecule has 2 aromatic rings. The van der Waals surface area contributed by atoms with Gasteiger partial charge in [-0.1, -0.05) is 62.4 Å². The zero-order chi connectivity index (χ0) is 19.5. The van der Waals surface area contributed by atoms with Crippen LogP contribution in [0.5, 0.6) is 0 Å². The Kier molecular flexibility index (Phi) is 8.52. The number of hydrogen-bond donors (Lipinski definition) is 2. The predicted octanol–water partition coefficient (Wildman–Crippen LogP) is 3.01. The second-order valence-corrected chi connectivity index (χ2v) is 6.38. The van der Waals surface area contributed by atoms with Gasteiger partial charge in [0, 0.05) is 18.7 Å². The number of rotatable bonds is 10. The number of amides is 2. The number of hydrogen-bond acceptors (Lipinski definition) is 3. The number of likely N-dealkylation sites (N-methyl/N-ethyl adjacent to an activating group) is 1. The number of nitrogens with zero attached hydrogens (tertiary/aromatic N) is 1. The number of nitrogens with one attached hydrogen (secondary N) is 2. The maximum Gasteiger partial charge on any atom is 0.251 e. The van der Waals surface area contributed by atoms with Crippen molar-refractivity contribution in [2.45, 2.75) is 26.3 Å². The van der Waals surface area contributed by atoms with Gasteiger partial charge in [-0.3, -0.25) is 9.59 Å². The third kappa shape index (κ3) is 6.87. The topological polar surface area (TPSA) is 61.4 Å². The number of carbonyl (C=O) groups excluding carboxylic acids is 2. The van der Waals surface area contributed by atoms with E-state index in [2.05, 4.69) is 29.4 Å². The fourth-order valence-corrected chi connectivity index (χ4v) is 2.92. The highest BCUT2D eigenvalue weighted by Gasteiger charge is 2.19. The fraction of sp³-hybridized carbons (Fsp3) is 0.364. The summed E-state index contributed by atoms with van der Waals surface area (Å²) in [6.45, 7) is 7.57. The maximum atomic E-state index is 12.5. The summed E-state index contributed by atoms with van der Waals surface area (Å²) < 4.78 is 0. The van der Waals surface area contributed by atoms with Gasteiger partial charge < -0.3 is 15.5 Å². The number of benzene rings is 2. The molecule has 2 amide bonds. The first kappa shape index (κ1) is 20.6. The lowest BCUT2D eigenvalue weighted by Crippen LogP contribution is -2.37. The minimum atomic E-state index is -0.368. The Balaban J connectivity index is 1.98. The Morgan fingerprint density at radius 2 is 1.52 bits per heavy atom. The molecule has 5 nitrogen and oxygen atoms in total. The summed E-state index contributed by atoms with van der Waals surface area (Å²) in [5, 5.41) is 5.95. The summed E-state index contributed by atoms with van der Waals surface area (Å²) in [4.78, 5) is 27.2. The van der Waals surface area contributed by atoms with E-state index in [0.717, 1.165) is 25.2 Å². The fourth-order valence-electron chi connectivity index (χ4n) is 2.92. The van der Waals surface area contributed by atoms with Crippen LogP contribution in [0.2, 0.25) is 0 Å². The average molecular weight is 367 g/mol. The van der Waals surface area contributed by atoms with Gasteiger partial charge in [0.15, 0.2) is 0 Å². The van der Waals surface area contributed by atoms with Crippen LogP contribution in [0.3, 0.4) is 0 Å². The minimum absolute atomic E-state index is 0.0654. The molecular weight excluding hydrogens is 338 g/mol. The molecule has 0 radical (unpaired) electrons. The van der Waals surface area contributed by atoms with E-state index < -0.39 is 0 Å². The molecular formula is C22H29N3O2. The first-order chi connectivity index (χ1) is 13.1. The lowest BCUT2D eigenvalue weighted by molar-refractivity contribution is -0.121. The van der Waals surface area contributed by atoms with Gasteiger partial charge in [-0.15, -0.1) is 0 Å². The van der Waals surface area contributed by atoms with Gasteiger partial charge in [0.2, 0.25) is 5.91 Å². The standard InChI is InChI=1S/C22H29N3O2/c1-3-25(4-2)16-15-23-21(26)17-20(18-11-7-5-8-12-18)24-22(27)19-13-9-6-10-14-19/h5-14,20H,3-4,15-17H2,1-2H3,(H,23,26)(H,24,27). The van der Waals surface area contributed by atoms with Crippen LogP contribution in [0.25, 0.3) is 0 Å². The Labute approximate surface area is 161 Å². The zero-order valence-corrected chi connectivity index (χ0v) is 16.2. The molecule has 2 N–H and O–H groups in total. The van der Waals surface area contributed by atoms with E-state index in [0.29, 0.717) is 12.1 Å². The molecule has 1 atom stereocenters. The lowest BCUT2D eigenvalue weighted by atomic mass is 10.0. The molecule has 0 aliphatic carbocycles. The largest absolute Gasteiger partial charge is 0.355 e. The van der Waals surface area contributed by atoms with Crippen molar-refractivity contribution in [1.82, 2.24) is 15.5 Å². The SMILES string of the molecule is CCN(CC)CCNC(=O)CC(NC(=O)c1ccccc1)c1ccccc1. The Morgan fingerprint density at radius 3 is 2.11 bits per heavy atom. The van der Waals surface area contributed by atoms with E-state index in [-0.39, 0.29) is 24.3 Å². The van der Waals surface area contributed by atoms with Crippen LogP contribution < -0.4 is 10.6 Å². The monoisotopic (exact) mass is 367 g/mol. The highest BCUT2D eigenvalue weighted by molar-refractivity contribution is 5.94. The van der Waals surface area contributed by atoms with Crippen molar-refractivity contribution in [1.29, 1.82) is 0 Å². The minimum Gasteiger partial charge on any atom is -0.355 e. The molecule has 144 valence electrons. The van der Waals surface area contributed by atoms with Gasteiger partial charge in [0.05, 0.1) is 12.5 Å². The summed E-state index contributed by atoms with van der Waals surface area (Å²) >= 11 is 0. The van der Waals surface area contributed by atoms with E-state index in [1.165, 1.54) is 0 Å². The Bertz CT molecular complexity index is 700. The molecule has 2 aromatic carbocycles. The molecule has 2 rings (SSSR count). The summed E-state index contributed by atoms with van der Waals surface area (Å²) in [7, 11) is 0. The third-order valence-electron chi connectivity index (χ3n) is 4.58.